The largest absolute Gasteiger partial charge is 0.449 e. The van der Waals surface area contributed by atoms with Gasteiger partial charge in [-0.3, -0.25) is 14.8 Å². The normalized spacial score (nSPS) is 12.4. The van der Waals surface area contributed by atoms with Crippen LogP contribution in [0.5, 0.6) is 0 Å². The van der Waals surface area contributed by atoms with Crippen LogP contribution in [0.25, 0.3) is 0 Å². The van der Waals surface area contributed by atoms with Crippen LogP contribution in [-0.4, -0.2) is 38.0 Å². The lowest BCUT2D eigenvalue weighted by Gasteiger charge is -2.21. The van der Waals surface area contributed by atoms with E-state index >= 15 is 0 Å². The minimum Gasteiger partial charge on any atom is -0.449 e. The maximum atomic E-state index is 13.7. The van der Waals surface area contributed by atoms with Crippen molar-refractivity contribution in [1.82, 2.24) is 10.6 Å². The van der Waals surface area contributed by atoms with Crippen LogP contribution in [0.1, 0.15) is 43.6 Å². The van der Waals surface area contributed by atoms with Crippen molar-refractivity contribution in [3.8, 4) is 0 Å². The molecule has 0 heterocycles. The van der Waals surface area contributed by atoms with Crippen LogP contribution < -0.4 is 15.4 Å². The zero-order chi connectivity index (χ0) is 25.0. The third-order valence-corrected chi connectivity index (χ3v) is 5.78. The molecule has 9 nitrogen and oxygen atoms in total. The number of anilines is 1. The summed E-state index contributed by atoms with van der Waals surface area (Å²) >= 11 is 0. The number of imide groups is 1. The summed E-state index contributed by atoms with van der Waals surface area (Å²) in [4.78, 5) is 35.9. The lowest BCUT2D eigenvalue weighted by atomic mass is 10.1. The highest BCUT2D eigenvalue weighted by Crippen LogP contribution is 2.21. The van der Waals surface area contributed by atoms with Crippen molar-refractivity contribution in [2.75, 3.05) is 4.72 Å². The van der Waals surface area contributed by atoms with Gasteiger partial charge in [0.05, 0.1) is 10.5 Å². The number of ether oxygens (including phenoxy) is 1. The predicted molar refractivity (Wildman–Crippen MR) is 120 cm³/mol. The molecule has 0 aliphatic rings. The van der Waals surface area contributed by atoms with Crippen molar-refractivity contribution in [1.29, 1.82) is 0 Å². The summed E-state index contributed by atoms with van der Waals surface area (Å²) in [6, 6.07) is 8.26. The number of amides is 3. The Morgan fingerprint density at radius 3 is 2.21 bits per heavy atom. The first-order valence-corrected chi connectivity index (χ1v) is 11.4. The van der Waals surface area contributed by atoms with Crippen LogP contribution in [0, 0.1) is 12.7 Å². The van der Waals surface area contributed by atoms with Crippen molar-refractivity contribution in [3.05, 3.63) is 59.4 Å². The van der Waals surface area contributed by atoms with Crippen molar-refractivity contribution < 1.29 is 31.9 Å². The molecular weight excluding hydrogens is 453 g/mol. The molecule has 0 aliphatic heterocycles. The van der Waals surface area contributed by atoms with Gasteiger partial charge in [0.25, 0.3) is 15.9 Å². The topological polar surface area (TPSA) is 131 Å². The Bertz CT molecular complexity index is 1160. The number of carbonyl (C=O) groups excluding carboxylic acids is 3. The number of hydrogen-bond acceptors (Lipinski definition) is 6. The number of benzene rings is 2. The van der Waals surface area contributed by atoms with Gasteiger partial charge in [-0.05, 0) is 71.0 Å². The number of carbonyl (C=O) groups is 3. The molecule has 3 N–H and O–H groups in total. The van der Waals surface area contributed by atoms with Crippen molar-refractivity contribution >= 4 is 33.6 Å². The van der Waals surface area contributed by atoms with Crippen molar-refractivity contribution in [3.63, 3.8) is 0 Å². The fourth-order valence-corrected chi connectivity index (χ4v) is 3.95. The van der Waals surface area contributed by atoms with Crippen LogP contribution >= 0.6 is 0 Å². The first-order chi connectivity index (χ1) is 15.2. The van der Waals surface area contributed by atoms with Gasteiger partial charge in [-0.15, -0.1) is 0 Å². The second-order valence-electron chi connectivity index (χ2n) is 8.29. The molecule has 1 unspecified atom stereocenters. The Kier molecular flexibility index (Phi) is 7.80. The quantitative estimate of drug-likeness (QED) is 0.546. The van der Waals surface area contributed by atoms with Crippen LogP contribution in [-0.2, 0) is 19.6 Å². The Morgan fingerprint density at radius 2 is 1.64 bits per heavy atom. The number of nitrogens with one attached hydrogen (secondary N) is 3. The Balaban J connectivity index is 2.01. The van der Waals surface area contributed by atoms with E-state index in [2.05, 4.69) is 15.4 Å². The van der Waals surface area contributed by atoms with Crippen LogP contribution in [0.2, 0.25) is 0 Å². The highest BCUT2D eigenvalue weighted by atomic mass is 32.2. The van der Waals surface area contributed by atoms with Gasteiger partial charge < -0.3 is 10.1 Å². The summed E-state index contributed by atoms with van der Waals surface area (Å²) in [5.74, 6) is -2.30. The average molecular weight is 480 g/mol. The predicted octanol–water partition coefficient (Wildman–Crippen LogP) is 3.10. The second kappa shape index (κ2) is 9.99. The van der Waals surface area contributed by atoms with E-state index < -0.39 is 45.4 Å². The van der Waals surface area contributed by atoms with Crippen LogP contribution in [0.4, 0.5) is 14.9 Å². The lowest BCUT2D eigenvalue weighted by Crippen LogP contribution is -2.50. The summed E-state index contributed by atoms with van der Waals surface area (Å²) in [6.07, 6.45) is -1.25. The molecule has 2 rings (SSSR count). The van der Waals surface area contributed by atoms with Crippen LogP contribution in [0.3, 0.4) is 0 Å². The van der Waals surface area contributed by atoms with E-state index in [1.54, 1.807) is 20.8 Å². The first-order valence-electron chi connectivity index (χ1n) is 9.91. The molecule has 2 aromatic carbocycles. The molecule has 0 bridgehead atoms. The molecule has 0 saturated carbocycles. The van der Waals surface area contributed by atoms with Crippen molar-refractivity contribution in [2.45, 2.75) is 51.2 Å². The molecule has 3 amide bonds. The Hall–Kier alpha value is -3.47. The Morgan fingerprint density at radius 1 is 1.03 bits per heavy atom. The third kappa shape index (κ3) is 7.28. The third-order valence-electron chi connectivity index (χ3n) is 4.26. The van der Waals surface area contributed by atoms with E-state index in [1.165, 1.54) is 50.2 Å². The summed E-state index contributed by atoms with van der Waals surface area (Å²) < 4.78 is 46.2. The zero-order valence-corrected chi connectivity index (χ0v) is 19.7. The molecule has 2 aromatic rings. The standard InChI is InChI=1S/C22H26FN3O6S/c1-13-17(23)7-6-8-18(13)33(30,31)26-16-11-9-15(10-12-16)20(28)32-14(2)19(27)24-21(29)25-22(3,4)5/h6-12,14,26H,1-5H3,(H2,24,25,27,29). The summed E-state index contributed by atoms with van der Waals surface area (Å²) in [6.45, 7) is 7.88. The van der Waals surface area contributed by atoms with Crippen molar-refractivity contribution in [2.24, 2.45) is 0 Å². The van der Waals surface area contributed by atoms with E-state index in [0.717, 1.165) is 6.07 Å². The van der Waals surface area contributed by atoms with Crippen LogP contribution in [0.15, 0.2) is 47.4 Å². The summed E-state index contributed by atoms with van der Waals surface area (Å²) in [5.41, 5.74) is -0.381. The van der Waals surface area contributed by atoms with E-state index in [0.29, 0.717) is 0 Å². The van der Waals surface area contributed by atoms with Gasteiger partial charge in [-0.25, -0.2) is 22.4 Å². The molecule has 0 fully saturated rings. The van der Waals surface area contributed by atoms with E-state index in [1.807, 2.05) is 0 Å². The SMILES string of the molecule is Cc1c(F)cccc1S(=O)(=O)Nc1ccc(C(=O)OC(C)C(=O)NC(=O)NC(C)(C)C)cc1. The zero-order valence-electron chi connectivity index (χ0n) is 18.9. The molecule has 1 atom stereocenters. The first kappa shape index (κ1) is 25.8. The fourth-order valence-electron chi connectivity index (χ4n) is 2.63. The molecule has 0 radical (unpaired) electrons. The van der Waals surface area contributed by atoms with Gasteiger partial charge in [0.2, 0.25) is 0 Å². The smallest absolute Gasteiger partial charge is 0.338 e. The summed E-state index contributed by atoms with van der Waals surface area (Å²) in [7, 11) is -4.05. The highest BCUT2D eigenvalue weighted by molar-refractivity contribution is 7.92. The molecule has 0 aliphatic carbocycles. The highest BCUT2D eigenvalue weighted by Gasteiger charge is 2.23. The Labute approximate surface area is 191 Å². The molecule has 178 valence electrons. The van der Waals surface area contributed by atoms with Gasteiger partial charge >= 0.3 is 12.0 Å². The number of hydrogen-bond donors (Lipinski definition) is 3. The lowest BCUT2D eigenvalue weighted by molar-refractivity contribution is -0.127. The van der Waals surface area contributed by atoms with Gasteiger partial charge in [0.1, 0.15) is 5.82 Å². The van der Waals surface area contributed by atoms with Gasteiger partial charge in [0.15, 0.2) is 6.10 Å². The minimum absolute atomic E-state index is 0.0198. The molecule has 11 heteroatoms. The monoisotopic (exact) mass is 479 g/mol. The number of halogens is 1. The maximum absolute atomic E-state index is 13.7. The molecular formula is C22H26FN3O6S. The van der Waals surface area contributed by atoms with Gasteiger partial charge in [-0.2, -0.15) is 0 Å². The number of rotatable bonds is 6. The van der Waals surface area contributed by atoms with Gasteiger partial charge in [0, 0.05) is 16.8 Å². The minimum atomic E-state index is -4.05. The van der Waals surface area contributed by atoms with E-state index in [9.17, 15) is 27.2 Å². The summed E-state index contributed by atoms with van der Waals surface area (Å²) in [5, 5.41) is 4.63. The van der Waals surface area contributed by atoms with Gasteiger partial charge in [-0.1, -0.05) is 6.07 Å². The molecule has 0 aromatic heterocycles. The average Bonchev–Trinajstić information content (AvgIpc) is 2.68. The molecule has 0 spiro atoms. The maximum Gasteiger partial charge on any atom is 0.338 e. The second-order valence-corrected chi connectivity index (χ2v) is 9.94. The fraction of sp³-hybridized carbons (Fsp3) is 0.318. The van der Waals surface area contributed by atoms with E-state index in [4.69, 9.17) is 4.74 Å². The number of esters is 1. The molecule has 0 saturated heterocycles. The molecule has 33 heavy (non-hydrogen) atoms. The number of sulfonamides is 1. The number of urea groups is 1. The van der Waals surface area contributed by atoms with E-state index in [-0.39, 0.29) is 21.7 Å².